The number of rotatable bonds is 3. The first-order valence-electron chi connectivity index (χ1n) is 5.64. The smallest absolute Gasteiger partial charge is 0.280 e. The molecule has 0 aliphatic carbocycles. The number of imidazole rings is 1. The van der Waals surface area contributed by atoms with Gasteiger partial charge in [-0.2, -0.15) is 8.42 Å². The molecule has 0 aliphatic heterocycles. The zero-order chi connectivity index (χ0) is 14.3. The van der Waals surface area contributed by atoms with Gasteiger partial charge in [-0.05, 0) is 25.1 Å². The van der Waals surface area contributed by atoms with E-state index in [1.807, 2.05) is 0 Å². The van der Waals surface area contributed by atoms with Crippen LogP contribution in [0.2, 0.25) is 0 Å². The Hall–Kier alpha value is -2.13. The van der Waals surface area contributed by atoms with Crippen molar-refractivity contribution in [3.05, 3.63) is 30.2 Å². The van der Waals surface area contributed by atoms with Crippen LogP contribution in [0.4, 0.5) is 10.8 Å². The highest BCUT2D eigenvalue weighted by molar-refractivity contribution is 7.92. The Bertz CT molecular complexity index is 881. The van der Waals surface area contributed by atoms with Gasteiger partial charge in [-0.1, -0.05) is 11.3 Å². The van der Waals surface area contributed by atoms with E-state index in [1.54, 1.807) is 25.1 Å². The number of hydrogen-bond donors (Lipinski definition) is 3. The molecule has 0 atom stereocenters. The van der Waals surface area contributed by atoms with Crippen molar-refractivity contribution < 1.29 is 8.42 Å². The summed E-state index contributed by atoms with van der Waals surface area (Å²) in [5.41, 5.74) is 6.99. The zero-order valence-electron chi connectivity index (χ0n) is 10.4. The highest BCUT2D eigenvalue weighted by atomic mass is 32.2. The Morgan fingerprint density at radius 1 is 1.40 bits per heavy atom. The van der Waals surface area contributed by atoms with Crippen molar-refractivity contribution in [2.75, 3.05) is 10.5 Å². The topological polar surface area (TPSA) is 114 Å². The second kappa shape index (κ2) is 4.46. The number of aryl methyl sites for hydroxylation is 1. The quantitative estimate of drug-likeness (QED) is 0.637. The summed E-state index contributed by atoms with van der Waals surface area (Å²) in [6.45, 7) is 1.68. The molecule has 2 heterocycles. The van der Waals surface area contributed by atoms with Crippen LogP contribution in [0.1, 0.15) is 5.82 Å². The molecule has 3 aromatic rings. The summed E-state index contributed by atoms with van der Waals surface area (Å²) in [5, 5.41) is 0.298. The number of nitrogen functional groups attached to an aromatic ring is 1. The first-order chi connectivity index (χ1) is 9.44. The van der Waals surface area contributed by atoms with Crippen molar-refractivity contribution in [2.24, 2.45) is 0 Å². The van der Waals surface area contributed by atoms with Crippen LogP contribution >= 0.6 is 11.3 Å². The van der Waals surface area contributed by atoms with Crippen LogP contribution in [0.15, 0.2) is 29.4 Å². The molecule has 0 spiro atoms. The lowest BCUT2D eigenvalue weighted by molar-refractivity contribution is 0.598. The fraction of sp³-hybridized carbons (Fsp3) is 0.0909. The van der Waals surface area contributed by atoms with Crippen LogP contribution in [-0.2, 0) is 10.0 Å². The van der Waals surface area contributed by atoms with Crippen molar-refractivity contribution in [1.82, 2.24) is 15.0 Å². The standard InChI is InChI=1S/C11H11N5O2S2/c1-6-13-5-10(14-6)20(17,18)16-11-15-8-3-2-7(12)4-9(8)19-11/h2-5H,12H2,1H3,(H,13,14)(H,15,16). The SMILES string of the molecule is Cc1ncc(S(=O)(=O)Nc2nc3ccc(N)cc3s2)[nH]1. The number of anilines is 2. The van der Waals surface area contributed by atoms with Crippen molar-refractivity contribution >= 4 is 42.4 Å². The van der Waals surface area contributed by atoms with Gasteiger partial charge < -0.3 is 10.7 Å². The number of fused-ring (bicyclic) bond motifs is 1. The molecular weight excluding hydrogens is 298 g/mol. The summed E-state index contributed by atoms with van der Waals surface area (Å²) in [6.07, 6.45) is 1.27. The van der Waals surface area contributed by atoms with Crippen LogP contribution in [0, 0.1) is 6.92 Å². The number of aromatic nitrogens is 3. The minimum absolute atomic E-state index is 0.00812. The normalized spacial score (nSPS) is 11.8. The predicted octanol–water partition coefficient (Wildman–Crippen LogP) is 1.71. The average Bonchev–Trinajstić information content (AvgIpc) is 2.94. The molecule has 0 saturated heterocycles. The molecule has 4 N–H and O–H groups in total. The van der Waals surface area contributed by atoms with Gasteiger partial charge in [0.25, 0.3) is 10.0 Å². The van der Waals surface area contributed by atoms with E-state index in [0.29, 0.717) is 17.0 Å². The molecule has 2 aromatic heterocycles. The van der Waals surface area contributed by atoms with Crippen molar-refractivity contribution in [1.29, 1.82) is 0 Å². The Morgan fingerprint density at radius 2 is 2.20 bits per heavy atom. The minimum atomic E-state index is -3.70. The second-order valence-electron chi connectivity index (χ2n) is 4.18. The average molecular weight is 309 g/mol. The lowest BCUT2D eigenvalue weighted by atomic mass is 10.3. The van der Waals surface area contributed by atoms with Gasteiger partial charge in [-0.15, -0.1) is 0 Å². The Labute approximate surface area is 118 Å². The highest BCUT2D eigenvalue weighted by Gasteiger charge is 2.18. The van der Waals surface area contributed by atoms with Gasteiger partial charge >= 0.3 is 0 Å². The molecule has 7 nitrogen and oxygen atoms in total. The molecule has 1 aromatic carbocycles. The molecule has 0 unspecified atom stereocenters. The number of nitrogens with one attached hydrogen (secondary N) is 2. The third kappa shape index (κ3) is 2.32. The van der Waals surface area contributed by atoms with Gasteiger partial charge in [0.2, 0.25) is 0 Å². The van der Waals surface area contributed by atoms with Crippen molar-refractivity contribution in [3.8, 4) is 0 Å². The molecule has 20 heavy (non-hydrogen) atoms. The summed E-state index contributed by atoms with van der Waals surface area (Å²) < 4.78 is 27.5. The van der Waals surface area contributed by atoms with Gasteiger partial charge in [-0.3, -0.25) is 4.72 Å². The van der Waals surface area contributed by atoms with Crippen LogP contribution < -0.4 is 10.5 Å². The molecule has 0 aliphatic rings. The summed E-state index contributed by atoms with van der Waals surface area (Å²) in [7, 11) is -3.70. The van der Waals surface area contributed by atoms with Crippen molar-refractivity contribution in [3.63, 3.8) is 0 Å². The summed E-state index contributed by atoms with van der Waals surface area (Å²) in [5.74, 6) is 0.530. The molecule has 0 amide bonds. The van der Waals surface area contributed by atoms with E-state index in [1.165, 1.54) is 17.5 Å². The van der Waals surface area contributed by atoms with E-state index in [-0.39, 0.29) is 10.2 Å². The van der Waals surface area contributed by atoms with Gasteiger partial charge in [0, 0.05) is 5.69 Å². The Morgan fingerprint density at radius 3 is 2.90 bits per heavy atom. The number of hydrogen-bond acceptors (Lipinski definition) is 6. The maximum Gasteiger partial charge on any atom is 0.280 e. The molecule has 9 heteroatoms. The van der Waals surface area contributed by atoms with E-state index >= 15 is 0 Å². The largest absolute Gasteiger partial charge is 0.399 e. The van der Waals surface area contributed by atoms with E-state index in [9.17, 15) is 8.42 Å². The maximum absolute atomic E-state index is 12.1. The number of nitrogens with zero attached hydrogens (tertiary/aromatic N) is 2. The van der Waals surface area contributed by atoms with Crippen LogP contribution in [-0.4, -0.2) is 23.4 Å². The van der Waals surface area contributed by atoms with Gasteiger partial charge in [-0.25, -0.2) is 9.97 Å². The van der Waals surface area contributed by atoms with E-state index in [0.717, 1.165) is 4.70 Å². The third-order valence-corrected chi connectivity index (χ3v) is 4.91. The Balaban J connectivity index is 1.96. The Kier molecular flexibility index (Phi) is 2.87. The van der Waals surface area contributed by atoms with E-state index in [4.69, 9.17) is 5.73 Å². The number of sulfonamides is 1. The molecule has 3 rings (SSSR count). The molecule has 0 saturated carbocycles. The van der Waals surface area contributed by atoms with Gasteiger partial charge in [0.05, 0.1) is 16.4 Å². The first kappa shape index (κ1) is 12.9. The number of benzene rings is 1. The van der Waals surface area contributed by atoms with E-state index < -0.39 is 10.0 Å². The van der Waals surface area contributed by atoms with E-state index in [2.05, 4.69) is 19.7 Å². The first-order valence-corrected chi connectivity index (χ1v) is 7.94. The summed E-state index contributed by atoms with van der Waals surface area (Å²) >= 11 is 1.22. The number of H-pyrrole nitrogens is 1. The number of aromatic amines is 1. The second-order valence-corrected chi connectivity index (χ2v) is 6.87. The van der Waals surface area contributed by atoms with Crippen LogP contribution in [0.25, 0.3) is 10.2 Å². The third-order valence-electron chi connectivity index (χ3n) is 2.60. The molecule has 0 bridgehead atoms. The fourth-order valence-electron chi connectivity index (χ4n) is 1.69. The maximum atomic E-state index is 12.1. The molecule has 0 fully saturated rings. The lowest BCUT2D eigenvalue weighted by Crippen LogP contribution is -2.13. The molecular formula is C11H11N5O2S2. The fourth-order valence-corrected chi connectivity index (χ4v) is 3.81. The monoisotopic (exact) mass is 309 g/mol. The molecule has 104 valence electrons. The van der Waals surface area contributed by atoms with Crippen LogP contribution in [0.5, 0.6) is 0 Å². The number of thiazole rings is 1. The zero-order valence-corrected chi connectivity index (χ0v) is 12.0. The minimum Gasteiger partial charge on any atom is -0.399 e. The highest BCUT2D eigenvalue weighted by Crippen LogP contribution is 2.28. The van der Waals surface area contributed by atoms with Gasteiger partial charge in [0.1, 0.15) is 5.82 Å². The summed E-state index contributed by atoms with van der Waals surface area (Å²) in [4.78, 5) is 10.8. The van der Waals surface area contributed by atoms with Gasteiger partial charge in [0.15, 0.2) is 10.2 Å². The van der Waals surface area contributed by atoms with Crippen molar-refractivity contribution in [2.45, 2.75) is 11.9 Å². The predicted molar refractivity (Wildman–Crippen MR) is 78.2 cm³/mol. The molecule has 0 radical (unpaired) electrons. The van der Waals surface area contributed by atoms with Crippen LogP contribution in [0.3, 0.4) is 0 Å². The lowest BCUT2D eigenvalue weighted by Gasteiger charge is -2.01. The number of nitrogens with two attached hydrogens (primary N) is 1. The summed E-state index contributed by atoms with van der Waals surface area (Å²) in [6, 6.07) is 5.23.